The van der Waals surface area contributed by atoms with E-state index in [-0.39, 0.29) is 17.2 Å². The number of carbonyl (C=O) groups excluding carboxylic acids is 1. The van der Waals surface area contributed by atoms with Crippen LogP contribution in [0.15, 0.2) is 60.8 Å². The summed E-state index contributed by atoms with van der Waals surface area (Å²) in [6, 6.07) is 18.1. The summed E-state index contributed by atoms with van der Waals surface area (Å²) in [6.45, 7) is 3.15. The number of hydrogen-bond donors (Lipinski definition) is 1. The van der Waals surface area contributed by atoms with Crippen molar-refractivity contribution in [3.05, 3.63) is 71.4 Å². The van der Waals surface area contributed by atoms with Crippen LogP contribution in [0.3, 0.4) is 0 Å². The molecule has 29 heavy (non-hydrogen) atoms. The van der Waals surface area contributed by atoms with Gasteiger partial charge in [0.25, 0.3) is 0 Å². The zero-order chi connectivity index (χ0) is 20.2. The first-order valence-corrected chi connectivity index (χ1v) is 11.3. The first kappa shape index (κ1) is 20.2. The molecule has 1 aromatic heterocycles. The molecule has 0 spiro atoms. The molecule has 3 aromatic rings. The van der Waals surface area contributed by atoms with Gasteiger partial charge in [-0.1, -0.05) is 48.9 Å². The van der Waals surface area contributed by atoms with Crippen molar-refractivity contribution in [1.82, 2.24) is 15.1 Å². The molecule has 0 bridgehead atoms. The normalized spacial score (nSPS) is 18.5. The van der Waals surface area contributed by atoms with Crippen LogP contribution in [0.2, 0.25) is 5.02 Å². The topological polar surface area (TPSA) is 46.9 Å². The third-order valence-electron chi connectivity index (χ3n) is 5.43. The smallest absolute Gasteiger partial charge is 0.120 e. The van der Waals surface area contributed by atoms with Gasteiger partial charge >= 0.3 is 0 Å². The highest BCUT2D eigenvalue weighted by Crippen LogP contribution is 2.42. The number of hydrogen-bond acceptors (Lipinski definition) is 4. The van der Waals surface area contributed by atoms with Gasteiger partial charge in [-0.3, -0.25) is 0 Å². The van der Waals surface area contributed by atoms with Gasteiger partial charge in [-0.05, 0) is 30.2 Å². The molecule has 2 aromatic carbocycles. The van der Waals surface area contributed by atoms with Crippen molar-refractivity contribution in [2.75, 3.05) is 12.3 Å². The van der Waals surface area contributed by atoms with Crippen molar-refractivity contribution < 1.29 is 4.79 Å². The number of aldehydes is 1. The fraction of sp³-hybridized carbons (Fsp3) is 0.304. The molecule has 1 fully saturated rings. The van der Waals surface area contributed by atoms with E-state index >= 15 is 0 Å². The van der Waals surface area contributed by atoms with Crippen LogP contribution in [0.5, 0.6) is 0 Å². The number of para-hydroxylation sites is 1. The predicted molar refractivity (Wildman–Crippen MR) is 121 cm³/mol. The van der Waals surface area contributed by atoms with Crippen LogP contribution < -0.4 is 5.32 Å². The monoisotopic (exact) mass is 425 g/mol. The van der Waals surface area contributed by atoms with Gasteiger partial charge in [0.1, 0.15) is 6.29 Å². The SMILES string of the molecule is CC(CC=O)C(c1cnn(-c2ccccc2)c1-c1ccc(Cl)cc1)C1NCCS1. The predicted octanol–water partition coefficient (Wildman–Crippen LogP) is 5.16. The minimum Gasteiger partial charge on any atom is -0.304 e. The molecule has 0 radical (unpaired) electrons. The number of thioether (sulfide) groups is 1. The summed E-state index contributed by atoms with van der Waals surface area (Å²) < 4.78 is 2.00. The lowest BCUT2D eigenvalue weighted by atomic mass is 9.84. The van der Waals surface area contributed by atoms with E-state index in [9.17, 15) is 4.79 Å². The molecule has 6 heteroatoms. The highest BCUT2D eigenvalue weighted by molar-refractivity contribution is 8.00. The van der Waals surface area contributed by atoms with Gasteiger partial charge in [-0.25, -0.2) is 4.68 Å². The molecular weight excluding hydrogens is 402 g/mol. The van der Waals surface area contributed by atoms with Gasteiger partial charge in [0.15, 0.2) is 0 Å². The van der Waals surface area contributed by atoms with E-state index in [0.29, 0.717) is 11.4 Å². The number of halogens is 1. The molecule has 3 unspecified atom stereocenters. The van der Waals surface area contributed by atoms with E-state index in [4.69, 9.17) is 16.7 Å². The van der Waals surface area contributed by atoms with E-state index < -0.39 is 0 Å². The first-order chi connectivity index (χ1) is 14.2. The van der Waals surface area contributed by atoms with Crippen molar-refractivity contribution >= 4 is 29.6 Å². The second-order valence-electron chi connectivity index (χ2n) is 7.35. The molecular formula is C23H24ClN3OS. The minimum atomic E-state index is 0.177. The van der Waals surface area contributed by atoms with Crippen molar-refractivity contribution in [2.24, 2.45) is 5.92 Å². The Hall–Kier alpha value is -2.08. The van der Waals surface area contributed by atoms with Crippen molar-refractivity contribution in [2.45, 2.75) is 24.6 Å². The van der Waals surface area contributed by atoms with E-state index in [1.807, 2.05) is 65.1 Å². The van der Waals surface area contributed by atoms with Gasteiger partial charge in [-0.15, -0.1) is 11.8 Å². The molecule has 4 rings (SSSR count). The van der Waals surface area contributed by atoms with Crippen LogP contribution in [0, 0.1) is 5.92 Å². The van der Waals surface area contributed by atoms with Crippen molar-refractivity contribution in [3.8, 4) is 16.9 Å². The highest BCUT2D eigenvalue weighted by Gasteiger charge is 2.34. The fourth-order valence-electron chi connectivity index (χ4n) is 4.01. The minimum absolute atomic E-state index is 0.177. The summed E-state index contributed by atoms with van der Waals surface area (Å²) in [6.07, 6.45) is 3.53. The molecule has 1 aliphatic heterocycles. The van der Waals surface area contributed by atoms with E-state index in [2.05, 4.69) is 24.4 Å². The average molecular weight is 426 g/mol. The summed E-state index contributed by atoms with van der Waals surface area (Å²) in [7, 11) is 0. The Morgan fingerprint density at radius 2 is 2.00 bits per heavy atom. The molecule has 1 saturated heterocycles. The van der Waals surface area contributed by atoms with Gasteiger partial charge in [0.2, 0.25) is 0 Å². The maximum atomic E-state index is 11.3. The molecule has 2 heterocycles. The van der Waals surface area contributed by atoms with Gasteiger partial charge < -0.3 is 10.1 Å². The number of nitrogens with one attached hydrogen (secondary N) is 1. The van der Waals surface area contributed by atoms with Gasteiger partial charge in [-0.2, -0.15) is 5.10 Å². The molecule has 0 amide bonds. The maximum absolute atomic E-state index is 11.3. The summed E-state index contributed by atoms with van der Waals surface area (Å²) in [5, 5.41) is 9.37. The Bertz CT molecular complexity index is 952. The second kappa shape index (κ2) is 9.16. The first-order valence-electron chi connectivity index (χ1n) is 9.87. The summed E-state index contributed by atoms with van der Waals surface area (Å²) in [4.78, 5) is 11.3. The number of benzene rings is 2. The van der Waals surface area contributed by atoms with E-state index in [1.165, 1.54) is 0 Å². The Labute approximate surface area is 180 Å². The van der Waals surface area contributed by atoms with Gasteiger partial charge in [0.05, 0.1) is 23.0 Å². The van der Waals surface area contributed by atoms with Crippen molar-refractivity contribution in [3.63, 3.8) is 0 Å². The molecule has 0 aliphatic carbocycles. The van der Waals surface area contributed by atoms with Crippen LogP contribution in [-0.4, -0.2) is 33.7 Å². The van der Waals surface area contributed by atoms with Crippen molar-refractivity contribution in [1.29, 1.82) is 0 Å². The van der Waals surface area contributed by atoms with Crippen LogP contribution in [0.25, 0.3) is 16.9 Å². The number of carbonyl (C=O) groups is 1. The number of aromatic nitrogens is 2. The largest absolute Gasteiger partial charge is 0.304 e. The lowest BCUT2D eigenvalue weighted by Crippen LogP contribution is -2.31. The molecule has 1 N–H and O–H groups in total. The molecule has 0 saturated carbocycles. The molecule has 3 atom stereocenters. The van der Waals surface area contributed by atoms with E-state index in [1.54, 1.807) is 0 Å². The zero-order valence-corrected chi connectivity index (χ0v) is 17.9. The standard InChI is InChI=1S/C23H24ClN3OS/c1-16(11-13-28)21(23-25-12-14-29-23)20-15-26-27(19-5-3-2-4-6-19)22(20)17-7-9-18(24)10-8-17/h2-10,13,15-16,21,23,25H,11-12,14H2,1H3. The number of nitrogens with zero attached hydrogens (tertiary/aromatic N) is 2. The second-order valence-corrected chi connectivity index (χ2v) is 9.04. The maximum Gasteiger partial charge on any atom is 0.120 e. The number of rotatable bonds is 7. The van der Waals surface area contributed by atoms with Gasteiger partial charge in [0, 0.05) is 40.8 Å². The third kappa shape index (κ3) is 4.27. The zero-order valence-electron chi connectivity index (χ0n) is 16.3. The van der Waals surface area contributed by atoms with Crippen LogP contribution >= 0.6 is 23.4 Å². The lowest BCUT2D eigenvalue weighted by molar-refractivity contribution is -0.108. The molecule has 150 valence electrons. The molecule has 1 aliphatic rings. The third-order valence-corrected chi connectivity index (χ3v) is 6.94. The summed E-state index contributed by atoms with van der Waals surface area (Å²) in [5.41, 5.74) is 4.30. The lowest BCUT2D eigenvalue weighted by Gasteiger charge is -2.28. The van der Waals surface area contributed by atoms with Crippen LogP contribution in [0.1, 0.15) is 24.8 Å². The summed E-state index contributed by atoms with van der Waals surface area (Å²) >= 11 is 8.08. The highest BCUT2D eigenvalue weighted by atomic mass is 35.5. The average Bonchev–Trinajstić information content (AvgIpc) is 3.41. The fourth-order valence-corrected chi connectivity index (χ4v) is 5.48. The summed E-state index contributed by atoms with van der Waals surface area (Å²) in [5.74, 6) is 1.46. The Kier molecular flexibility index (Phi) is 6.38. The molecule has 4 nitrogen and oxygen atoms in total. The Morgan fingerprint density at radius 3 is 2.66 bits per heavy atom. The van der Waals surface area contributed by atoms with E-state index in [0.717, 1.165) is 41.1 Å². The van der Waals surface area contributed by atoms with Crippen LogP contribution in [-0.2, 0) is 4.79 Å². The Morgan fingerprint density at radius 1 is 1.24 bits per heavy atom. The Balaban J connectivity index is 1.88. The quantitative estimate of drug-likeness (QED) is 0.531. The van der Waals surface area contributed by atoms with Crippen LogP contribution in [0.4, 0.5) is 0 Å².